The molecule has 0 saturated carbocycles. The van der Waals surface area contributed by atoms with Gasteiger partial charge < -0.3 is 25.6 Å². The zero-order valence-corrected chi connectivity index (χ0v) is 9.93. The SMILES string of the molecule is COC(CNC(=O)C1(C)COCC1N)C(=O)O. The van der Waals surface area contributed by atoms with Crippen LogP contribution < -0.4 is 11.1 Å². The molecule has 0 aliphatic carbocycles. The number of nitrogens with one attached hydrogen (secondary N) is 1. The molecule has 17 heavy (non-hydrogen) atoms. The molecule has 1 aliphatic heterocycles. The van der Waals surface area contributed by atoms with Gasteiger partial charge in [0.05, 0.1) is 25.2 Å². The third-order valence-electron chi connectivity index (χ3n) is 3.04. The van der Waals surface area contributed by atoms with Gasteiger partial charge in [-0.15, -0.1) is 0 Å². The summed E-state index contributed by atoms with van der Waals surface area (Å²) in [6.07, 6.45) is -1.05. The van der Waals surface area contributed by atoms with Gasteiger partial charge in [0.15, 0.2) is 6.10 Å². The van der Waals surface area contributed by atoms with Crippen molar-refractivity contribution in [2.75, 3.05) is 26.9 Å². The fourth-order valence-corrected chi connectivity index (χ4v) is 1.58. The average molecular weight is 246 g/mol. The maximum absolute atomic E-state index is 11.9. The van der Waals surface area contributed by atoms with E-state index in [2.05, 4.69) is 5.32 Å². The molecule has 0 aromatic rings. The Balaban J connectivity index is 2.52. The van der Waals surface area contributed by atoms with Gasteiger partial charge in [0.2, 0.25) is 5.91 Å². The molecule has 3 atom stereocenters. The first-order valence-corrected chi connectivity index (χ1v) is 5.29. The molecule has 4 N–H and O–H groups in total. The van der Waals surface area contributed by atoms with Gasteiger partial charge in [-0.25, -0.2) is 4.79 Å². The minimum atomic E-state index is -1.12. The molecule has 1 amide bonds. The van der Waals surface area contributed by atoms with E-state index in [1.807, 2.05) is 0 Å². The third-order valence-corrected chi connectivity index (χ3v) is 3.04. The standard InChI is InChI=1S/C10H18N2O5/c1-10(5-17-4-7(10)11)9(15)12-3-6(16-2)8(13)14/h6-7H,3-5,11H2,1-2H3,(H,12,15)(H,13,14). The Morgan fingerprint density at radius 3 is 2.76 bits per heavy atom. The number of carboxylic acids is 1. The number of hydrogen-bond donors (Lipinski definition) is 3. The van der Waals surface area contributed by atoms with Crippen molar-refractivity contribution in [3.8, 4) is 0 Å². The van der Waals surface area contributed by atoms with E-state index < -0.39 is 17.5 Å². The number of hydrogen-bond acceptors (Lipinski definition) is 5. The van der Waals surface area contributed by atoms with Gasteiger partial charge in [-0.2, -0.15) is 0 Å². The average Bonchev–Trinajstić information content (AvgIpc) is 2.60. The van der Waals surface area contributed by atoms with Crippen LogP contribution in [0.15, 0.2) is 0 Å². The summed E-state index contributed by atoms with van der Waals surface area (Å²) in [5, 5.41) is 11.3. The number of carboxylic acid groups (broad SMARTS) is 1. The van der Waals surface area contributed by atoms with Crippen LogP contribution in [0.5, 0.6) is 0 Å². The predicted octanol–water partition coefficient (Wildman–Crippen LogP) is -1.43. The Hall–Kier alpha value is -1.18. The quantitative estimate of drug-likeness (QED) is 0.548. The summed E-state index contributed by atoms with van der Waals surface area (Å²) in [7, 11) is 1.27. The van der Waals surface area contributed by atoms with Gasteiger partial charge in [0, 0.05) is 13.2 Å². The van der Waals surface area contributed by atoms with Crippen molar-refractivity contribution >= 4 is 11.9 Å². The Morgan fingerprint density at radius 1 is 1.71 bits per heavy atom. The number of carbonyl (C=O) groups excluding carboxylic acids is 1. The summed E-state index contributed by atoms with van der Waals surface area (Å²) in [5.74, 6) is -1.43. The van der Waals surface area contributed by atoms with Crippen molar-refractivity contribution in [1.29, 1.82) is 0 Å². The van der Waals surface area contributed by atoms with Crippen molar-refractivity contribution in [3.63, 3.8) is 0 Å². The number of amides is 1. The van der Waals surface area contributed by atoms with Crippen LogP contribution in [0.25, 0.3) is 0 Å². The fourth-order valence-electron chi connectivity index (χ4n) is 1.58. The lowest BCUT2D eigenvalue weighted by Crippen LogP contribution is -2.52. The lowest BCUT2D eigenvalue weighted by molar-refractivity contribution is -0.148. The first-order chi connectivity index (χ1) is 7.91. The molecule has 0 aromatic heterocycles. The first kappa shape index (κ1) is 13.9. The van der Waals surface area contributed by atoms with Gasteiger partial charge in [-0.3, -0.25) is 4.79 Å². The second-order valence-electron chi connectivity index (χ2n) is 4.31. The Kier molecular flexibility index (Phi) is 4.44. The van der Waals surface area contributed by atoms with E-state index >= 15 is 0 Å². The first-order valence-electron chi connectivity index (χ1n) is 5.29. The van der Waals surface area contributed by atoms with Crippen LogP contribution in [0.2, 0.25) is 0 Å². The molecule has 1 saturated heterocycles. The highest BCUT2D eigenvalue weighted by atomic mass is 16.5. The molecular formula is C10H18N2O5. The summed E-state index contributed by atoms with van der Waals surface area (Å²) < 4.78 is 9.85. The van der Waals surface area contributed by atoms with Crippen LogP contribution in [-0.4, -0.2) is 56.0 Å². The third kappa shape index (κ3) is 2.93. The topological polar surface area (TPSA) is 111 Å². The maximum atomic E-state index is 11.9. The van der Waals surface area contributed by atoms with E-state index in [0.717, 1.165) is 0 Å². The number of methoxy groups -OCH3 is 1. The molecular weight excluding hydrogens is 228 g/mol. The molecule has 1 heterocycles. The normalized spacial score (nSPS) is 29.9. The van der Waals surface area contributed by atoms with Crippen LogP contribution in [0.1, 0.15) is 6.92 Å². The van der Waals surface area contributed by atoms with Gasteiger partial charge in [0.1, 0.15) is 0 Å². The van der Waals surface area contributed by atoms with Crippen molar-refractivity contribution in [3.05, 3.63) is 0 Å². The lowest BCUT2D eigenvalue weighted by atomic mass is 9.85. The van der Waals surface area contributed by atoms with E-state index in [1.165, 1.54) is 7.11 Å². The predicted molar refractivity (Wildman–Crippen MR) is 58.3 cm³/mol. The van der Waals surface area contributed by atoms with Gasteiger partial charge in [-0.05, 0) is 6.92 Å². The molecule has 7 nitrogen and oxygen atoms in total. The molecule has 1 fully saturated rings. The van der Waals surface area contributed by atoms with Gasteiger partial charge in [0.25, 0.3) is 0 Å². The van der Waals surface area contributed by atoms with E-state index in [4.69, 9.17) is 20.3 Å². The number of nitrogens with two attached hydrogens (primary N) is 1. The summed E-state index contributed by atoms with van der Waals surface area (Å²) in [5.41, 5.74) is 4.97. The van der Waals surface area contributed by atoms with Crippen LogP contribution in [0, 0.1) is 5.41 Å². The van der Waals surface area contributed by atoms with Crippen LogP contribution in [-0.2, 0) is 19.1 Å². The van der Waals surface area contributed by atoms with Crippen molar-refractivity contribution in [1.82, 2.24) is 5.32 Å². The second kappa shape index (κ2) is 5.44. The van der Waals surface area contributed by atoms with E-state index in [-0.39, 0.29) is 25.1 Å². The van der Waals surface area contributed by atoms with E-state index in [9.17, 15) is 9.59 Å². The number of carbonyl (C=O) groups is 2. The summed E-state index contributed by atoms with van der Waals surface area (Å²) in [4.78, 5) is 22.6. The largest absolute Gasteiger partial charge is 0.479 e. The fraction of sp³-hybridized carbons (Fsp3) is 0.800. The molecule has 0 aromatic carbocycles. The summed E-state index contributed by atoms with van der Waals surface area (Å²) in [6, 6.07) is -0.381. The highest BCUT2D eigenvalue weighted by Crippen LogP contribution is 2.26. The molecule has 0 radical (unpaired) electrons. The van der Waals surface area contributed by atoms with Crippen LogP contribution in [0.3, 0.4) is 0 Å². The molecule has 1 rings (SSSR count). The number of aliphatic carboxylic acids is 1. The van der Waals surface area contributed by atoms with Crippen molar-refractivity contribution in [2.24, 2.45) is 11.1 Å². The Morgan fingerprint density at radius 2 is 2.35 bits per heavy atom. The number of rotatable bonds is 5. The second-order valence-corrected chi connectivity index (χ2v) is 4.31. The Bertz CT molecular complexity index is 309. The maximum Gasteiger partial charge on any atom is 0.334 e. The molecule has 0 bridgehead atoms. The van der Waals surface area contributed by atoms with Gasteiger partial charge >= 0.3 is 5.97 Å². The highest BCUT2D eigenvalue weighted by molar-refractivity contribution is 5.84. The molecule has 1 aliphatic rings. The molecule has 0 spiro atoms. The Labute approximate surface area is 99.3 Å². The zero-order chi connectivity index (χ0) is 13.1. The van der Waals surface area contributed by atoms with E-state index in [1.54, 1.807) is 6.92 Å². The molecule has 3 unspecified atom stereocenters. The molecule has 7 heteroatoms. The number of ether oxygens (including phenoxy) is 2. The van der Waals surface area contributed by atoms with E-state index in [0.29, 0.717) is 6.61 Å². The van der Waals surface area contributed by atoms with Crippen LogP contribution >= 0.6 is 0 Å². The van der Waals surface area contributed by atoms with Crippen LogP contribution in [0.4, 0.5) is 0 Å². The van der Waals surface area contributed by atoms with Gasteiger partial charge in [-0.1, -0.05) is 0 Å². The highest BCUT2D eigenvalue weighted by Gasteiger charge is 2.44. The van der Waals surface area contributed by atoms with Crippen molar-refractivity contribution in [2.45, 2.75) is 19.1 Å². The zero-order valence-electron chi connectivity index (χ0n) is 9.93. The smallest absolute Gasteiger partial charge is 0.334 e. The molecule has 98 valence electrons. The lowest BCUT2D eigenvalue weighted by Gasteiger charge is -2.26. The monoisotopic (exact) mass is 246 g/mol. The summed E-state index contributed by atoms with van der Waals surface area (Å²) in [6.45, 7) is 2.18. The minimum absolute atomic E-state index is 0.0903. The van der Waals surface area contributed by atoms with Crippen molar-refractivity contribution < 1.29 is 24.2 Å². The summed E-state index contributed by atoms with van der Waals surface area (Å²) >= 11 is 0. The minimum Gasteiger partial charge on any atom is -0.479 e.